The Balaban J connectivity index is 1.35. The number of rotatable bonds is 4. The number of benzene rings is 2. The Morgan fingerprint density at radius 2 is 1.82 bits per heavy atom. The average Bonchev–Trinajstić information content (AvgIpc) is 3.18. The van der Waals surface area contributed by atoms with Crippen molar-refractivity contribution in [3.63, 3.8) is 0 Å². The van der Waals surface area contributed by atoms with Gasteiger partial charge in [-0.3, -0.25) is 4.79 Å². The van der Waals surface area contributed by atoms with Crippen LogP contribution in [0.15, 0.2) is 48.5 Å². The molecule has 144 valence electrons. The summed E-state index contributed by atoms with van der Waals surface area (Å²) in [6, 6.07) is 12.8. The Labute approximate surface area is 165 Å². The van der Waals surface area contributed by atoms with E-state index in [1.807, 2.05) is 0 Å². The van der Waals surface area contributed by atoms with Gasteiger partial charge in [-0.15, -0.1) is 10.2 Å². The lowest BCUT2D eigenvalue weighted by Crippen LogP contribution is -2.48. The topological polar surface area (TPSA) is 69.6 Å². The van der Waals surface area contributed by atoms with Gasteiger partial charge in [-0.2, -0.15) is 0 Å². The lowest BCUT2D eigenvalue weighted by molar-refractivity contribution is 0.0746. The molecule has 3 aromatic rings. The van der Waals surface area contributed by atoms with E-state index in [0.29, 0.717) is 38.2 Å². The zero-order valence-electron chi connectivity index (χ0n) is 15.1. The molecular weight excluding hydrogens is 379 g/mol. The van der Waals surface area contributed by atoms with Gasteiger partial charge in [0.2, 0.25) is 5.13 Å². The molecule has 1 aromatic heterocycles. The van der Waals surface area contributed by atoms with Crippen LogP contribution in [0.25, 0.3) is 0 Å². The monoisotopic (exact) mass is 398 g/mol. The molecule has 4 rings (SSSR count). The van der Waals surface area contributed by atoms with Crippen LogP contribution >= 0.6 is 11.3 Å². The van der Waals surface area contributed by atoms with Crippen molar-refractivity contribution in [2.45, 2.75) is 6.42 Å². The maximum atomic E-state index is 13.0. The number of aromatic hydroxyl groups is 1. The highest BCUT2D eigenvalue weighted by atomic mass is 32.1. The van der Waals surface area contributed by atoms with Crippen molar-refractivity contribution in [1.82, 2.24) is 15.1 Å². The van der Waals surface area contributed by atoms with E-state index in [0.717, 1.165) is 15.7 Å². The van der Waals surface area contributed by atoms with Crippen molar-refractivity contribution in [3.8, 4) is 5.75 Å². The first-order valence-corrected chi connectivity index (χ1v) is 9.80. The van der Waals surface area contributed by atoms with Gasteiger partial charge in [-0.25, -0.2) is 4.39 Å². The van der Waals surface area contributed by atoms with E-state index in [1.165, 1.54) is 29.5 Å². The Hall–Kier alpha value is -3.00. The third-order valence-corrected chi connectivity index (χ3v) is 5.64. The number of carbonyl (C=O) groups excluding carboxylic acids is 1. The maximum absolute atomic E-state index is 13.0. The minimum Gasteiger partial charge on any atom is -0.508 e. The van der Waals surface area contributed by atoms with Crippen molar-refractivity contribution in [2.24, 2.45) is 0 Å². The van der Waals surface area contributed by atoms with Crippen LogP contribution in [0.4, 0.5) is 9.52 Å². The zero-order valence-corrected chi connectivity index (χ0v) is 15.9. The molecule has 0 bridgehead atoms. The number of phenols is 1. The molecule has 6 nitrogen and oxygen atoms in total. The Morgan fingerprint density at radius 3 is 2.54 bits per heavy atom. The maximum Gasteiger partial charge on any atom is 0.254 e. The number of amides is 1. The van der Waals surface area contributed by atoms with Gasteiger partial charge in [-0.1, -0.05) is 29.5 Å². The Morgan fingerprint density at radius 1 is 1.07 bits per heavy atom. The number of hydrogen-bond donors (Lipinski definition) is 1. The molecule has 0 aliphatic carbocycles. The highest BCUT2D eigenvalue weighted by Crippen LogP contribution is 2.24. The van der Waals surface area contributed by atoms with Gasteiger partial charge in [0.05, 0.1) is 0 Å². The number of halogens is 1. The van der Waals surface area contributed by atoms with E-state index in [-0.39, 0.29) is 17.5 Å². The fraction of sp³-hybridized carbons (Fsp3) is 0.250. The van der Waals surface area contributed by atoms with Gasteiger partial charge in [0.25, 0.3) is 5.91 Å². The summed E-state index contributed by atoms with van der Waals surface area (Å²) in [5.74, 6) is -0.239. The van der Waals surface area contributed by atoms with Crippen LogP contribution in [0, 0.1) is 5.82 Å². The van der Waals surface area contributed by atoms with Crippen LogP contribution in [0.3, 0.4) is 0 Å². The number of carbonyl (C=O) groups is 1. The van der Waals surface area contributed by atoms with Crippen molar-refractivity contribution >= 4 is 22.4 Å². The first-order chi connectivity index (χ1) is 13.6. The average molecular weight is 398 g/mol. The van der Waals surface area contributed by atoms with Crippen LogP contribution in [-0.4, -0.2) is 52.3 Å². The second-order valence-corrected chi connectivity index (χ2v) is 7.65. The molecule has 1 fully saturated rings. The third kappa shape index (κ3) is 4.12. The molecule has 0 spiro atoms. The summed E-state index contributed by atoms with van der Waals surface area (Å²) in [6.07, 6.45) is 0.619. The van der Waals surface area contributed by atoms with E-state index in [1.54, 1.807) is 35.2 Å². The normalized spacial score (nSPS) is 14.3. The molecule has 1 amide bonds. The molecule has 0 unspecified atom stereocenters. The number of nitrogens with zero attached hydrogens (tertiary/aromatic N) is 4. The van der Waals surface area contributed by atoms with E-state index >= 15 is 0 Å². The first kappa shape index (κ1) is 18.4. The molecular formula is C20H19FN4O2S. The summed E-state index contributed by atoms with van der Waals surface area (Å²) in [5.41, 5.74) is 1.48. The lowest BCUT2D eigenvalue weighted by Gasteiger charge is -2.34. The van der Waals surface area contributed by atoms with Gasteiger partial charge in [0.15, 0.2) is 0 Å². The summed E-state index contributed by atoms with van der Waals surface area (Å²) in [6.45, 7) is 2.52. The fourth-order valence-electron chi connectivity index (χ4n) is 3.14. The second-order valence-electron chi connectivity index (χ2n) is 6.61. The minimum atomic E-state index is -0.250. The molecule has 2 aromatic carbocycles. The van der Waals surface area contributed by atoms with Crippen LogP contribution < -0.4 is 4.90 Å². The van der Waals surface area contributed by atoms with Crippen molar-refractivity contribution in [2.75, 3.05) is 31.1 Å². The number of phenolic OH excluding ortho intramolecular Hbond substituents is 1. The molecule has 1 aliphatic heterocycles. The third-order valence-electron chi connectivity index (χ3n) is 4.66. The standard InChI is InChI=1S/C20H19FN4O2S/c21-16-6-4-14(5-7-16)12-18-22-23-20(28-18)25-10-8-24(9-11-25)19(27)15-2-1-3-17(26)13-15/h1-7,13,26H,8-12H2. The van der Waals surface area contributed by atoms with Crippen LogP contribution in [0.5, 0.6) is 5.75 Å². The smallest absolute Gasteiger partial charge is 0.254 e. The summed E-state index contributed by atoms with van der Waals surface area (Å²) in [4.78, 5) is 16.5. The van der Waals surface area contributed by atoms with E-state index in [4.69, 9.17) is 0 Å². The zero-order chi connectivity index (χ0) is 19.5. The Bertz CT molecular complexity index is 968. The summed E-state index contributed by atoms with van der Waals surface area (Å²) < 4.78 is 13.0. The fourth-order valence-corrected chi connectivity index (χ4v) is 4.07. The molecule has 0 saturated carbocycles. The summed E-state index contributed by atoms with van der Waals surface area (Å²) >= 11 is 1.52. The van der Waals surface area contributed by atoms with Gasteiger partial charge in [0.1, 0.15) is 16.6 Å². The molecule has 1 saturated heterocycles. The molecule has 0 atom stereocenters. The number of piperazine rings is 1. The molecule has 1 N–H and O–H groups in total. The molecule has 28 heavy (non-hydrogen) atoms. The van der Waals surface area contributed by atoms with Crippen LogP contribution in [0.1, 0.15) is 20.9 Å². The quantitative estimate of drug-likeness (QED) is 0.732. The van der Waals surface area contributed by atoms with Crippen molar-refractivity contribution < 1.29 is 14.3 Å². The van der Waals surface area contributed by atoms with E-state index < -0.39 is 0 Å². The van der Waals surface area contributed by atoms with Gasteiger partial charge < -0.3 is 14.9 Å². The predicted molar refractivity (Wildman–Crippen MR) is 105 cm³/mol. The van der Waals surface area contributed by atoms with Crippen LogP contribution in [0.2, 0.25) is 0 Å². The van der Waals surface area contributed by atoms with Gasteiger partial charge in [-0.05, 0) is 35.9 Å². The molecule has 1 aliphatic rings. The Kier molecular flexibility index (Phi) is 5.21. The second kappa shape index (κ2) is 7.93. The summed E-state index contributed by atoms with van der Waals surface area (Å²) in [7, 11) is 0. The van der Waals surface area contributed by atoms with Gasteiger partial charge >= 0.3 is 0 Å². The van der Waals surface area contributed by atoms with E-state index in [9.17, 15) is 14.3 Å². The summed E-state index contributed by atoms with van der Waals surface area (Å²) in [5, 5.41) is 19.8. The lowest BCUT2D eigenvalue weighted by atomic mass is 10.1. The first-order valence-electron chi connectivity index (χ1n) is 8.98. The van der Waals surface area contributed by atoms with Crippen molar-refractivity contribution in [1.29, 1.82) is 0 Å². The molecule has 0 radical (unpaired) electrons. The highest BCUT2D eigenvalue weighted by Gasteiger charge is 2.24. The van der Waals surface area contributed by atoms with Crippen LogP contribution in [-0.2, 0) is 6.42 Å². The SMILES string of the molecule is O=C(c1cccc(O)c1)N1CCN(c2nnc(Cc3ccc(F)cc3)s2)CC1. The number of anilines is 1. The largest absolute Gasteiger partial charge is 0.508 e. The number of hydrogen-bond acceptors (Lipinski definition) is 6. The highest BCUT2D eigenvalue weighted by molar-refractivity contribution is 7.15. The molecule has 8 heteroatoms. The van der Waals surface area contributed by atoms with Gasteiger partial charge in [0, 0.05) is 38.2 Å². The van der Waals surface area contributed by atoms with E-state index in [2.05, 4.69) is 15.1 Å². The molecule has 2 heterocycles. The predicted octanol–water partition coefficient (Wildman–Crippen LogP) is 2.94. The van der Waals surface area contributed by atoms with Crippen molar-refractivity contribution in [3.05, 3.63) is 70.5 Å². The number of aromatic nitrogens is 2. The minimum absolute atomic E-state index is 0.0789.